The third-order valence-electron chi connectivity index (χ3n) is 6.61. The molecule has 192 valence electrons. The van der Waals surface area contributed by atoms with Crippen LogP contribution in [-0.2, 0) is 13.1 Å². The number of methoxy groups -OCH3 is 2. The van der Waals surface area contributed by atoms with Crippen molar-refractivity contribution < 1.29 is 13.9 Å². The summed E-state index contributed by atoms with van der Waals surface area (Å²) in [7, 11) is 3.30. The van der Waals surface area contributed by atoms with Gasteiger partial charge in [0.2, 0.25) is 5.95 Å². The van der Waals surface area contributed by atoms with Gasteiger partial charge >= 0.3 is 0 Å². The van der Waals surface area contributed by atoms with E-state index in [1.54, 1.807) is 26.5 Å². The molecule has 0 radical (unpaired) electrons. The number of nitrogen functional groups attached to an aromatic ring is 1. The van der Waals surface area contributed by atoms with Crippen molar-refractivity contribution in [2.75, 3.05) is 24.9 Å². The SMILES string of the molecule is COc1ccc(CN(Cc2ccc(OC)cc2)c2cc(-c3c(C)cccc3F)cc3nc(N)ncc23)cc1. The standard InChI is InChI=1S/C31H29FN4O2/c1-20-5-4-6-27(32)30(20)23-15-28-26(17-34-31(33)35-28)29(16-23)36(18-21-7-11-24(37-2)12-8-21)19-22-9-13-25(38-3)14-10-22/h4-17H,18-19H2,1-3H3,(H2,33,34,35). The summed E-state index contributed by atoms with van der Waals surface area (Å²) in [6.07, 6.45) is 1.74. The molecule has 0 aliphatic heterocycles. The van der Waals surface area contributed by atoms with Gasteiger partial charge in [-0.25, -0.2) is 14.4 Å². The van der Waals surface area contributed by atoms with Crippen LogP contribution in [0.25, 0.3) is 22.0 Å². The molecular weight excluding hydrogens is 479 g/mol. The molecule has 0 saturated heterocycles. The van der Waals surface area contributed by atoms with Crippen LogP contribution < -0.4 is 20.1 Å². The van der Waals surface area contributed by atoms with Gasteiger partial charge in [0.1, 0.15) is 17.3 Å². The van der Waals surface area contributed by atoms with Gasteiger partial charge in [-0.05, 0) is 71.6 Å². The third-order valence-corrected chi connectivity index (χ3v) is 6.61. The largest absolute Gasteiger partial charge is 0.497 e. The molecule has 1 heterocycles. The first-order chi connectivity index (χ1) is 18.4. The molecular formula is C31H29FN4O2. The lowest BCUT2D eigenvalue weighted by Crippen LogP contribution is -2.22. The zero-order chi connectivity index (χ0) is 26.6. The Morgan fingerprint density at radius 2 is 1.45 bits per heavy atom. The Morgan fingerprint density at radius 1 is 0.842 bits per heavy atom. The van der Waals surface area contributed by atoms with Crippen molar-refractivity contribution in [1.82, 2.24) is 9.97 Å². The Bertz CT molecular complexity index is 1500. The van der Waals surface area contributed by atoms with E-state index in [0.717, 1.165) is 44.8 Å². The summed E-state index contributed by atoms with van der Waals surface area (Å²) in [5.41, 5.74) is 11.8. The number of rotatable bonds is 8. The molecule has 0 aliphatic carbocycles. The molecule has 0 aliphatic rings. The molecule has 5 rings (SSSR count). The van der Waals surface area contributed by atoms with Gasteiger partial charge in [0.05, 0.1) is 19.7 Å². The number of hydrogen-bond acceptors (Lipinski definition) is 6. The van der Waals surface area contributed by atoms with Crippen molar-refractivity contribution in [2.45, 2.75) is 20.0 Å². The van der Waals surface area contributed by atoms with Crippen LogP contribution >= 0.6 is 0 Å². The predicted molar refractivity (Wildman–Crippen MR) is 150 cm³/mol. The Kier molecular flexibility index (Phi) is 7.09. The van der Waals surface area contributed by atoms with E-state index in [2.05, 4.69) is 14.9 Å². The van der Waals surface area contributed by atoms with Crippen molar-refractivity contribution in [3.05, 3.63) is 108 Å². The second kappa shape index (κ2) is 10.8. The monoisotopic (exact) mass is 508 g/mol. The highest BCUT2D eigenvalue weighted by molar-refractivity contribution is 5.96. The highest BCUT2D eigenvalue weighted by atomic mass is 19.1. The van der Waals surface area contributed by atoms with Crippen molar-refractivity contribution in [3.63, 3.8) is 0 Å². The summed E-state index contributed by atoms with van der Waals surface area (Å²) in [4.78, 5) is 11.0. The fourth-order valence-electron chi connectivity index (χ4n) is 4.66. The molecule has 2 N–H and O–H groups in total. The average Bonchev–Trinajstić information content (AvgIpc) is 2.93. The van der Waals surface area contributed by atoms with Crippen molar-refractivity contribution in [1.29, 1.82) is 0 Å². The maximum absolute atomic E-state index is 15.1. The van der Waals surface area contributed by atoms with E-state index < -0.39 is 0 Å². The maximum atomic E-state index is 15.1. The minimum Gasteiger partial charge on any atom is -0.497 e. The molecule has 0 unspecified atom stereocenters. The van der Waals surface area contributed by atoms with Crippen LogP contribution in [0.15, 0.2) is 85.1 Å². The van der Waals surface area contributed by atoms with Gasteiger partial charge in [-0.2, -0.15) is 0 Å². The molecule has 0 atom stereocenters. The molecule has 7 heteroatoms. The molecule has 6 nitrogen and oxygen atoms in total. The number of ether oxygens (including phenoxy) is 2. The van der Waals surface area contributed by atoms with Gasteiger partial charge in [-0.3, -0.25) is 0 Å². The van der Waals surface area contributed by atoms with E-state index in [1.807, 2.05) is 73.7 Å². The van der Waals surface area contributed by atoms with Crippen LogP contribution in [-0.4, -0.2) is 24.2 Å². The molecule has 5 aromatic rings. The summed E-state index contributed by atoms with van der Waals surface area (Å²) in [6.45, 7) is 3.09. The van der Waals surface area contributed by atoms with E-state index in [1.165, 1.54) is 6.07 Å². The summed E-state index contributed by atoms with van der Waals surface area (Å²) < 4.78 is 25.8. The fourth-order valence-corrected chi connectivity index (χ4v) is 4.66. The summed E-state index contributed by atoms with van der Waals surface area (Å²) in [5, 5.41) is 0.832. The van der Waals surface area contributed by atoms with Gasteiger partial charge in [0.15, 0.2) is 0 Å². The van der Waals surface area contributed by atoms with Crippen LogP contribution in [0.3, 0.4) is 0 Å². The molecule has 38 heavy (non-hydrogen) atoms. The maximum Gasteiger partial charge on any atom is 0.220 e. The van der Waals surface area contributed by atoms with E-state index in [4.69, 9.17) is 15.2 Å². The molecule has 0 bridgehead atoms. The van der Waals surface area contributed by atoms with E-state index >= 15 is 4.39 Å². The normalized spacial score (nSPS) is 10.9. The number of aryl methyl sites for hydroxylation is 1. The predicted octanol–water partition coefficient (Wildman–Crippen LogP) is 6.55. The van der Waals surface area contributed by atoms with Gasteiger partial charge < -0.3 is 20.1 Å². The Balaban J connectivity index is 1.67. The lowest BCUT2D eigenvalue weighted by molar-refractivity contribution is 0.414. The molecule has 0 fully saturated rings. The van der Waals surface area contributed by atoms with Gasteiger partial charge in [0, 0.05) is 35.9 Å². The van der Waals surface area contributed by atoms with Gasteiger partial charge in [-0.1, -0.05) is 36.4 Å². The lowest BCUT2D eigenvalue weighted by atomic mass is 9.97. The van der Waals surface area contributed by atoms with E-state index in [-0.39, 0.29) is 11.8 Å². The molecule has 0 spiro atoms. The van der Waals surface area contributed by atoms with Crippen LogP contribution in [0.2, 0.25) is 0 Å². The number of hydrogen-bond donors (Lipinski definition) is 1. The average molecular weight is 509 g/mol. The van der Waals surface area contributed by atoms with Gasteiger partial charge in [0.25, 0.3) is 0 Å². The first-order valence-corrected chi connectivity index (χ1v) is 12.3. The number of anilines is 2. The number of benzene rings is 4. The zero-order valence-corrected chi connectivity index (χ0v) is 21.6. The van der Waals surface area contributed by atoms with Crippen molar-refractivity contribution >= 4 is 22.5 Å². The van der Waals surface area contributed by atoms with E-state index in [0.29, 0.717) is 24.2 Å². The Hall–Kier alpha value is -4.65. The summed E-state index contributed by atoms with van der Waals surface area (Å²) in [5.74, 6) is 1.47. The fraction of sp³-hybridized carbons (Fsp3) is 0.161. The topological polar surface area (TPSA) is 73.5 Å². The highest BCUT2D eigenvalue weighted by Crippen LogP contribution is 2.36. The molecule has 0 amide bonds. The summed E-state index contributed by atoms with van der Waals surface area (Å²) >= 11 is 0. The number of nitrogens with two attached hydrogens (primary N) is 1. The van der Waals surface area contributed by atoms with Crippen molar-refractivity contribution in [3.8, 4) is 22.6 Å². The first-order valence-electron chi connectivity index (χ1n) is 12.3. The van der Waals surface area contributed by atoms with Crippen LogP contribution in [0.4, 0.5) is 16.0 Å². The van der Waals surface area contributed by atoms with Crippen LogP contribution in [0.1, 0.15) is 16.7 Å². The van der Waals surface area contributed by atoms with Crippen LogP contribution in [0, 0.1) is 12.7 Å². The molecule has 4 aromatic carbocycles. The lowest BCUT2D eigenvalue weighted by Gasteiger charge is -2.27. The Labute approximate surface area is 221 Å². The van der Waals surface area contributed by atoms with Crippen LogP contribution in [0.5, 0.6) is 11.5 Å². The minimum atomic E-state index is -0.283. The van der Waals surface area contributed by atoms with Crippen molar-refractivity contribution in [2.24, 2.45) is 0 Å². The highest BCUT2D eigenvalue weighted by Gasteiger charge is 2.18. The zero-order valence-electron chi connectivity index (χ0n) is 21.6. The molecule has 0 saturated carbocycles. The first kappa shape index (κ1) is 25.0. The Morgan fingerprint density at radius 3 is 2.00 bits per heavy atom. The second-order valence-electron chi connectivity index (χ2n) is 9.14. The number of halogens is 1. The van der Waals surface area contributed by atoms with E-state index in [9.17, 15) is 0 Å². The second-order valence-corrected chi connectivity index (χ2v) is 9.14. The quantitative estimate of drug-likeness (QED) is 0.256. The van der Waals surface area contributed by atoms with Gasteiger partial charge in [-0.15, -0.1) is 0 Å². The molecule has 1 aromatic heterocycles. The number of nitrogens with zero attached hydrogens (tertiary/aromatic N) is 3. The number of fused-ring (bicyclic) bond motifs is 1. The number of aromatic nitrogens is 2. The summed E-state index contributed by atoms with van der Waals surface area (Å²) in [6, 6.07) is 25.0. The smallest absolute Gasteiger partial charge is 0.220 e. The minimum absolute atomic E-state index is 0.169. The third kappa shape index (κ3) is 5.22.